The predicted molar refractivity (Wildman–Crippen MR) is 52.6 cm³/mol. The maximum absolute atomic E-state index is 11.5. The molecule has 1 amide bonds. The van der Waals surface area contributed by atoms with Gasteiger partial charge >= 0.3 is 0 Å². The Morgan fingerprint density at radius 2 is 2.31 bits per heavy atom. The van der Waals surface area contributed by atoms with E-state index in [2.05, 4.69) is 29.4 Å². The van der Waals surface area contributed by atoms with Crippen molar-refractivity contribution in [2.75, 3.05) is 26.7 Å². The number of piperazine rings is 1. The number of amides is 1. The van der Waals surface area contributed by atoms with E-state index >= 15 is 0 Å². The first-order valence-corrected chi connectivity index (χ1v) is 4.85. The molecule has 4 heteroatoms. The molecule has 0 aromatic heterocycles. The van der Waals surface area contributed by atoms with Gasteiger partial charge in [0.25, 0.3) is 0 Å². The van der Waals surface area contributed by atoms with Crippen LogP contribution in [0.5, 0.6) is 0 Å². The van der Waals surface area contributed by atoms with Crippen molar-refractivity contribution < 1.29 is 4.79 Å². The van der Waals surface area contributed by atoms with E-state index in [9.17, 15) is 4.79 Å². The Morgan fingerprint density at radius 1 is 1.62 bits per heavy atom. The average molecular weight is 185 g/mol. The molecule has 1 aliphatic heterocycles. The van der Waals surface area contributed by atoms with Gasteiger partial charge < -0.3 is 10.6 Å². The Bertz CT molecular complexity index is 182. The standard InChI is InChI=1S/C9H19N3O/c1-7(2)12-5-4-11-6-8(12)9(13)10-3/h7-8,11H,4-6H2,1-3H3,(H,10,13)/t8-/m0/s1. The molecule has 1 atom stereocenters. The smallest absolute Gasteiger partial charge is 0.238 e. The summed E-state index contributed by atoms with van der Waals surface area (Å²) in [7, 11) is 1.69. The van der Waals surface area contributed by atoms with E-state index in [0.29, 0.717) is 6.04 Å². The summed E-state index contributed by atoms with van der Waals surface area (Å²) < 4.78 is 0. The molecule has 0 aromatic carbocycles. The van der Waals surface area contributed by atoms with Gasteiger partial charge in [0.2, 0.25) is 5.91 Å². The topological polar surface area (TPSA) is 44.4 Å². The summed E-state index contributed by atoms with van der Waals surface area (Å²) in [5.74, 6) is 0.112. The van der Waals surface area contributed by atoms with Crippen molar-refractivity contribution in [3.63, 3.8) is 0 Å². The number of nitrogens with one attached hydrogen (secondary N) is 2. The summed E-state index contributed by atoms with van der Waals surface area (Å²) in [5.41, 5.74) is 0. The SMILES string of the molecule is CNC(=O)[C@@H]1CNCCN1C(C)C. The third-order valence-corrected chi connectivity index (χ3v) is 2.50. The average Bonchev–Trinajstić information content (AvgIpc) is 2.16. The van der Waals surface area contributed by atoms with E-state index in [1.54, 1.807) is 7.05 Å². The zero-order chi connectivity index (χ0) is 9.84. The van der Waals surface area contributed by atoms with Crippen LogP contribution in [-0.2, 0) is 4.79 Å². The summed E-state index contributed by atoms with van der Waals surface area (Å²) in [4.78, 5) is 13.7. The fraction of sp³-hybridized carbons (Fsp3) is 0.889. The van der Waals surface area contributed by atoms with Crippen LogP contribution in [-0.4, -0.2) is 49.6 Å². The van der Waals surface area contributed by atoms with Gasteiger partial charge in [0.1, 0.15) is 6.04 Å². The van der Waals surface area contributed by atoms with Gasteiger partial charge in [-0.3, -0.25) is 9.69 Å². The maximum atomic E-state index is 11.5. The summed E-state index contributed by atoms with van der Waals surface area (Å²) in [5, 5.41) is 5.93. The third kappa shape index (κ3) is 2.42. The monoisotopic (exact) mass is 185 g/mol. The second-order valence-electron chi connectivity index (χ2n) is 3.67. The van der Waals surface area contributed by atoms with E-state index in [4.69, 9.17) is 0 Å². The number of rotatable bonds is 2. The number of nitrogens with zero attached hydrogens (tertiary/aromatic N) is 1. The van der Waals surface area contributed by atoms with Gasteiger partial charge in [0.05, 0.1) is 0 Å². The highest BCUT2D eigenvalue weighted by Gasteiger charge is 2.29. The summed E-state index contributed by atoms with van der Waals surface area (Å²) in [6.45, 7) is 6.95. The number of carbonyl (C=O) groups excluding carboxylic acids is 1. The zero-order valence-corrected chi connectivity index (χ0v) is 8.63. The van der Waals surface area contributed by atoms with Crippen LogP contribution < -0.4 is 10.6 Å². The van der Waals surface area contributed by atoms with Crippen LogP contribution in [0, 0.1) is 0 Å². The lowest BCUT2D eigenvalue weighted by Gasteiger charge is -2.37. The van der Waals surface area contributed by atoms with Gasteiger partial charge in [0.15, 0.2) is 0 Å². The Hall–Kier alpha value is -0.610. The first kappa shape index (κ1) is 10.5. The van der Waals surface area contributed by atoms with E-state index in [1.807, 2.05) is 0 Å². The van der Waals surface area contributed by atoms with Crippen molar-refractivity contribution in [2.45, 2.75) is 25.9 Å². The molecule has 0 radical (unpaired) electrons. The van der Waals surface area contributed by atoms with E-state index in [0.717, 1.165) is 19.6 Å². The van der Waals surface area contributed by atoms with Crippen molar-refractivity contribution in [1.29, 1.82) is 0 Å². The fourth-order valence-corrected chi connectivity index (χ4v) is 1.75. The van der Waals surface area contributed by atoms with Gasteiger partial charge in [-0.2, -0.15) is 0 Å². The van der Waals surface area contributed by atoms with Gasteiger partial charge in [-0.1, -0.05) is 0 Å². The lowest BCUT2D eigenvalue weighted by atomic mass is 10.1. The molecule has 0 bridgehead atoms. The zero-order valence-electron chi connectivity index (χ0n) is 8.63. The molecule has 1 heterocycles. The van der Waals surface area contributed by atoms with Crippen LogP contribution in [0.25, 0.3) is 0 Å². The Balaban J connectivity index is 2.61. The molecule has 0 aliphatic carbocycles. The highest BCUT2D eigenvalue weighted by atomic mass is 16.2. The first-order chi connectivity index (χ1) is 6.16. The summed E-state index contributed by atoms with van der Waals surface area (Å²) >= 11 is 0. The van der Waals surface area contributed by atoms with Crippen LogP contribution in [0.2, 0.25) is 0 Å². The molecule has 1 aliphatic rings. The molecule has 1 rings (SSSR count). The normalized spacial score (nSPS) is 24.8. The molecule has 76 valence electrons. The van der Waals surface area contributed by atoms with Crippen molar-refractivity contribution >= 4 is 5.91 Å². The van der Waals surface area contributed by atoms with Gasteiger partial charge in [-0.25, -0.2) is 0 Å². The number of likely N-dealkylation sites (N-methyl/N-ethyl adjacent to an activating group) is 1. The second kappa shape index (κ2) is 4.58. The highest BCUT2D eigenvalue weighted by Crippen LogP contribution is 2.07. The van der Waals surface area contributed by atoms with Crippen LogP contribution in [0.4, 0.5) is 0 Å². The van der Waals surface area contributed by atoms with Gasteiger partial charge in [0, 0.05) is 32.7 Å². The van der Waals surface area contributed by atoms with Crippen molar-refractivity contribution in [1.82, 2.24) is 15.5 Å². The molecular formula is C9H19N3O. The molecule has 2 N–H and O–H groups in total. The van der Waals surface area contributed by atoms with Crippen LogP contribution >= 0.6 is 0 Å². The van der Waals surface area contributed by atoms with E-state index < -0.39 is 0 Å². The lowest BCUT2D eigenvalue weighted by molar-refractivity contribution is -0.127. The van der Waals surface area contributed by atoms with Gasteiger partial charge in [-0.05, 0) is 13.8 Å². The Kier molecular flexibility index (Phi) is 3.69. The van der Waals surface area contributed by atoms with Crippen LogP contribution in [0.3, 0.4) is 0 Å². The summed E-state index contributed by atoms with van der Waals surface area (Å²) in [6.07, 6.45) is 0. The first-order valence-electron chi connectivity index (χ1n) is 4.85. The molecule has 13 heavy (non-hydrogen) atoms. The van der Waals surface area contributed by atoms with Crippen molar-refractivity contribution in [2.24, 2.45) is 0 Å². The minimum Gasteiger partial charge on any atom is -0.358 e. The number of hydrogen-bond donors (Lipinski definition) is 2. The molecule has 4 nitrogen and oxygen atoms in total. The molecule has 0 saturated carbocycles. The molecule has 1 fully saturated rings. The second-order valence-corrected chi connectivity index (χ2v) is 3.67. The minimum absolute atomic E-state index is 0.00116. The lowest BCUT2D eigenvalue weighted by Crippen LogP contribution is -2.59. The van der Waals surface area contributed by atoms with Crippen molar-refractivity contribution in [3.05, 3.63) is 0 Å². The van der Waals surface area contributed by atoms with E-state index in [-0.39, 0.29) is 11.9 Å². The quantitative estimate of drug-likeness (QED) is 0.604. The third-order valence-electron chi connectivity index (χ3n) is 2.50. The van der Waals surface area contributed by atoms with Crippen molar-refractivity contribution in [3.8, 4) is 0 Å². The Morgan fingerprint density at radius 3 is 2.85 bits per heavy atom. The predicted octanol–water partition coefficient (Wildman–Crippen LogP) is -0.585. The fourth-order valence-electron chi connectivity index (χ4n) is 1.75. The summed E-state index contributed by atoms with van der Waals surface area (Å²) in [6, 6.07) is 0.433. The Labute approximate surface area is 79.7 Å². The molecule has 1 saturated heterocycles. The van der Waals surface area contributed by atoms with Crippen LogP contribution in [0.1, 0.15) is 13.8 Å². The highest BCUT2D eigenvalue weighted by molar-refractivity contribution is 5.81. The number of carbonyl (C=O) groups is 1. The number of hydrogen-bond acceptors (Lipinski definition) is 3. The van der Waals surface area contributed by atoms with E-state index in [1.165, 1.54) is 0 Å². The minimum atomic E-state index is -0.00116. The molecule has 0 aromatic rings. The molecule has 0 spiro atoms. The largest absolute Gasteiger partial charge is 0.358 e. The molecule has 0 unspecified atom stereocenters. The van der Waals surface area contributed by atoms with Gasteiger partial charge in [-0.15, -0.1) is 0 Å². The van der Waals surface area contributed by atoms with Crippen LogP contribution in [0.15, 0.2) is 0 Å². The maximum Gasteiger partial charge on any atom is 0.238 e. The molecular weight excluding hydrogens is 166 g/mol.